The molecule has 9 heteroatoms. The Hall–Kier alpha value is -3.75. The number of aryl methyl sites for hydroxylation is 1. The number of rotatable bonds is 6. The lowest BCUT2D eigenvalue weighted by atomic mass is 10.1. The smallest absolute Gasteiger partial charge is 0.265 e. The van der Waals surface area contributed by atoms with Crippen LogP contribution in [0.25, 0.3) is 22.4 Å². The Bertz CT molecular complexity index is 1110. The number of carbonyl (C=O) groups excluding carboxylic acids is 1. The van der Waals surface area contributed by atoms with Gasteiger partial charge in [0.1, 0.15) is 28.5 Å². The minimum atomic E-state index is -0.367. The van der Waals surface area contributed by atoms with Gasteiger partial charge in [-0.1, -0.05) is 5.16 Å². The predicted molar refractivity (Wildman–Crippen MR) is 95.8 cm³/mol. The first-order chi connectivity index (χ1) is 13.6. The van der Waals surface area contributed by atoms with Crippen molar-refractivity contribution < 1.29 is 22.9 Å². The van der Waals surface area contributed by atoms with E-state index in [9.17, 15) is 9.18 Å². The molecular formula is C19H15FN4O4. The van der Waals surface area contributed by atoms with E-state index in [1.165, 1.54) is 18.4 Å². The Morgan fingerprint density at radius 3 is 2.79 bits per heavy atom. The van der Waals surface area contributed by atoms with Crippen molar-refractivity contribution in [1.29, 1.82) is 0 Å². The van der Waals surface area contributed by atoms with Gasteiger partial charge in [0.05, 0.1) is 12.8 Å². The van der Waals surface area contributed by atoms with Crippen molar-refractivity contribution in [3.63, 3.8) is 0 Å². The molecule has 1 aromatic carbocycles. The van der Waals surface area contributed by atoms with Crippen LogP contribution in [0.3, 0.4) is 0 Å². The van der Waals surface area contributed by atoms with Crippen molar-refractivity contribution in [1.82, 2.24) is 20.4 Å². The Labute approximate surface area is 158 Å². The number of benzene rings is 1. The van der Waals surface area contributed by atoms with E-state index in [4.69, 9.17) is 13.7 Å². The van der Waals surface area contributed by atoms with Crippen LogP contribution in [0.4, 0.5) is 4.39 Å². The summed E-state index contributed by atoms with van der Waals surface area (Å²) in [5.41, 5.74) is 1.23. The minimum absolute atomic E-state index is 0.163. The van der Waals surface area contributed by atoms with Crippen LogP contribution in [-0.2, 0) is 11.3 Å². The van der Waals surface area contributed by atoms with Gasteiger partial charge in [-0.05, 0) is 43.3 Å². The van der Waals surface area contributed by atoms with Crippen molar-refractivity contribution in [3.05, 3.63) is 60.1 Å². The fourth-order valence-corrected chi connectivity index (χ4v) is 2.62. The molecule has 0 spiro atoms. The van der Waals surface area contributed by atoms with Crippen LogP contribution in [0.2, 0.25) is 0 Å². The van der Waals surface area contributed by atoms with Gasteiger partial charge in [0.15, 0.2) is 6.61 Å². The summed E-state index contributed by atoms with van der Waals surface area (Å²) in [6.07, 6.45) is 1.53. The average molecular weight is 382 g/mol. The number of nitrogens with one attached hydrogen (secondary N) is 1. The van der Waals surface area contributed by atoms with Gasteiger partial charge in [-0.15, -0.1) is 0 Å². The molecule has 1 amide bonds. The molecular weight excluding hydrogens is 367 g/mol. The number of ether oxygens (including phenoxy) is 1. The molecule has 8 nitrogen and oxygen atoms in total. The number of nitrogens with zero attached hydrogens (tertiary/aromatic N) is 3. The Morgan fingerprint density at radius 2 is 2.04 bits per heavy atom. The molecule has 0 unspecified atom stereocenters. The Morgan fingerprint density at radius 1 is 1.21 bits per heavy atom. The molecule has 3 aromatic heterocycles. The van der Waals surface area contributed by atoms with E-state index < -0.39 is 0 Å². The van der Waals surface area contributed by atoms with Crippen LogP contribution in [0, 0.1) is 12.7 Å². The summed E-state index contributed by atoms with van der Waals surface area (Å²) in [5.74, 6) is 0.483. The van der Waals surface area contributed by atoms with E-state index >= 15 is 0 Å². The summed E-state index contributed by atoms with van der Waals surface area (Å²) in [7, 11) is 0. The maximum Gasteiger partial charge on any atom is 0.265 e. The molecule has 142 valence electrons. The van der Waals surface area contributed by atoms with E-state index in [-0.39, 0.29) is 36.5 Å². The number of hydrogen-bond acceptors (Lipinski definition) is 7. The highest BCUT2D eigenvalue weighted by Crippen LogP contribution is 2.33. The van der Waals surface area contributed by atoms with E-state index in [0.717, 1.165) is 0 Å². The molecule has 3 heterocycles. The van der Waals surface area contributed by atoms with E-state index in [0.29, 0.717) is 28.2 Å². The first-order valence-electron chi connectivity index (χ1n) is 8.42. The molecule has 0 aliphatic heterocycles. The minimum Gasteiger partial charge on any atom is -0.467 e. The predicted octanol–water partition coefficient (Wildman–Crippen LogP) is 3.02. The Kier molecular flexibility index (Phi) is 4.71. The van der Waals surface area contributed by atoms with Crippen LogP contribution in [0.1, 0.15) is 11.6 Å². The van der Waals surface area contributed by atoms with Gasteiger partial charge in [0, 0.05) is 5.56 Å². The van der Waals surface area contributed by atoms with Crippen LogP contribution < -0.4 is 10.1 Å². The molecule has 4 rings (SSSR count). The monoisotopic (exact) mass is 382 g/mol. The van der Waals surface area contributed by atoms with Crippen LogP contribution in [-0.4, -0.2) is 27.6 Å². The van der Waals surface area contributed by atoms with Gasteiger partial charge >= 0.3 is 0 Å². The van der Waals surface area contributed by atoms with Gasteiger partial charge in [-0.3, -0.25) is 4.79 Å². The molecule has 0 radical (unpaired) electrons. The SMILES string of the molecule is Cc1nc(OCC(=O)NCc2ccco2)c2c(-c3ccc(F)cc3)noc2n1. The lowest BCUT2D eigenvalue weighted by Crippen LogP contribution is -2.28. The topological polar surface area (TPSA) is 103 Å². The van der Waals surface area contributed by atoms with Crippen LogP contribution in [0.5, 0.6) is 5.88 Å². The number of halogens is 1. The summed E-state index contributed by atoms with van der Waals surface area (Å²) in [4.78, 5) is 20.5. The van der Waals surface area contributed by atoms with Crippen molar-refractivity contribution in [3.8, 4) is 17.1 Å². The number of aromatic nitrogens is 3. The lowest BCUT2D eigenvalue weighted by Gasteiger charge is -2.08. The van der Waals surface area contributed by atoms with Crippen LogP contribution in [0.15, 0.2) is 51.6 Å². The highest BCUT2D eigenvalue weighted by Gasteiger charge is 2.20. The highest BCUT2D eigenvalue weighted by molar-refractivity contribution is 5.93. The lowest BCUT2D eigenvalue weighted by molar-refractivity contribution is -0.123. The van der Waals surface area contributed by atoms with E-state index in [2.05, 4.69) is 20.4 Å². The summed E-state index contributed by atoms with van der Waals surface area (Å²) in [6, 6.07) is 9.24. The molecule has 0 atom stereocenters. The maximum atomic E-state index is 13.2. The molecule has 0 saturated heterocycles. The number of furan rings is 1. The third-order valence-corrected chi connectivity index (χ3v) is 3.91. The second kappa shape index (κ2) is 7.47. The summed E-state index contributed by atoms with van der Waals surface area (Å²) < 4.78 is 29.3. The van der Waals surface area contributed by atoms with Crippen molar-refractivity contribution in [2.75, 3.05) is 6.61 Å². The molecule has 28 heavy (non-hydrogen) atoms. The van der Waals surface area contributed by atoms with Gasteiger partial charge in [-0.2, -0.15) is 9.97 Å². The molecule has 0 saturated carbocycles. The summed E-state index contributed by atoms with van der Waals surface area (Å²) >= 11 is 0. The molecule has 1 N–H and O–H groups in total. The van der Waals surface area contributed by atoms with Crippen molar-refractivity contribution >= 4 is 17.0 Å². The molecule has 4 aromatic rings. The standard InChI is InChI=1S/C19H15FN4O4/c1-11-22-18(27-10-15(25)21-9-14-3-2-8-26-14)16-17(24-28-19(16)23-11)12-4-6-13(20)7-5-12/h2-8H,9-10H2,1H3,(H,21,25). The first kappa shape index (κ1) is 17.7. The normalized spacial score (nSPS) is 10.9. The zero-order valence-electron chi connectivity index (χ0n) is 14.8. The molecule has 0 aliphatic carbocycles. The fraction of sp³-hybridized carbons (Fsp3) is 0.158. The van der Waals surface area contributed by atoms with Crippen molar-refractivity contribution in [2.45, 2.75) is 13.5 Å². The van der Waals surface area contributed by atoms with E-state index in [1.54, 1.807) is 31.2 Å². The maximum absolute atomic E-state index is 13.2. The van der Waals surface area contributed by atoms with Crippen molar-refractivity contribution in [2.24, 2.45) is 0 Å². The van der Waals surface area contributed by atoms with Gasteiger partial charge in [0.2, 0.25) is 5.88 Å². The number of hydrogen-bond donors (Lipinski definition) is 1. The van der Waals surface area contributed by atoms with Crippen LogP contribution >= 0.6 is 0 Å². The molecule has 0 bridgehead atoms. The third kappa shape index (κ3) is 3.68. The number of carbonyl (C=O) groups is 1. The zero-order chi connectivity index (χ0) is 19.5. The van der Waals surface area contributed by atoms with Gasteiger partial charge in [-0.25, -0.2) is 4.39 Å². The summed E-state index contributed by atoms with van der Waals surface area (Å²) in [6.45, 7) is 1.66. The number of fused-ring (bicyclic) bond motifs is 1. The van der Waals surface area contributed by atoms with Gasteiger partial charge < -0.3 is 19.0 Å². The van der Waals surface area contributed by atoms with Gasteiger partial charge in [0.25, 0.3) is 11.6 Å². The quantitative estimate of drug-likeness (QED) is 0.547. The first-order valence-corrected chi connectivity index (χ1v) is 8.42. The molecule has 0 aliphatic rings. The van der Waals surface area contributed by atoms with E-state index in [1.807, 2.05) is 0 Å². The Balaban J connectivity index is 1.56. The highest BCUT2D eigenvalue weighted by atomic mass is 19.1. The zero-order valence-corrected chi connectivity index (χ0v) is 14.8. The average Bonchev–Trinajstić information content (AvgIpc) is 3.35. The molecule has 0 fully saturated rings. The fourth-order valence-electron chi connectivity index (χ4n) is 2.62. The number of amides is 1. The third-order valence-electron chi connectivity index (χ3n) is 3.91. The largest absolute Gasteiger partial charge is 0.467 e. The second-order valence-electron chi connectivity index (χ2n) is 5.94. The summed E-state index contributed by atoms with van der Waals surface area (Å²) in [5, 5.41) is 7.10. The second-order valence-corrected chi connectivity index (χ2v) is 5.94.